The van der Waals surface area contributed by atoms with Crippen LogP contribution in [0.15, 0.2) is 54.6 Å². The molecule has 1 heterocycles. The van der Waals surface area contributed by atoms with Crippen molar-refractivity contribution in [3.8, 4) is 16.9 Å². The monoisotopic (exact) mass is 379 g/mol. The number of anilines is 1. The number of nitrogens with one attached hydrogen (secondary N) is 1. The van der Waals surface area contributed by atoms with Crippen molar-refractivity contribution in [2.75, 3.05) is 19.0 Å². The number of nitrogens with zero attached hydrogens (tertiary/aromatic N) is 2. The fourth-order valence-corrected chi connectivity index (χ4v) is 2.64. The molecule has 0 aliphatic carbocycles. The maximum atomic E-state index is 14.1. The van der Waals surface area contributed by atoms with Crippen LogP contribution in [0, 0.1) is 5.82 Å². The highest BCUT2D eigenvalue weighted by molar-refractivity contribution is 5.66. The highest BCUT2D eigenvalue weighted by Crippen LogP contribution is 2.28. The number of hydrogen-bond acceptors (Lipinski definition) is 3. The van der Waals surface area contributed by atoms with E-state index in [0.29, 0.717) is 22.6 Å². The van der Waals surface area contributed by atoms with Crippen LogP contribution >= 0.6 is 0 Å². The molecule has 0 aliphatic rings. The summed E-state index contributed by atoms with van der Waals surface area (Å²) in [6.07, 6.45) is -4.43. The molecule has 0 amide bonds. The molecule has 27 heavy (non-hydrogen) atoms. The molecule has 0 saturated heterocycles. The van der Waals surface area contributed by atoms with Gasteiger partial charge in [0.2, 0.25) is 0 Å². The first-order chi connectivity index (χ1) is 12.9. The SMILES string of the molecule is CNc1cc(-c2cc(F)cc(COCC(F)(F)F)c2)n(-c2ccccc2)n1. The van der Waals surface area contributed by atoms with E-state index in [9.17, 15) is 17.6 Å². The van der Waals surface area contributed by atoms with Crippen LogP contribution in [0.1, 0.15) is 5.56 Å². The Morgan fingerprint density at radius 3 is 2.48 bits per heavy atom. The molecule has 8 heteroatoms. The van der Waals surface area contributed by atoms with Crippen molar-refractivity contribution < 1.29 is 22.3 Å². The summed E-state index contributed by atoms with van der Waals surface area (Å²) >= 11 is 0. The average Bonchev–Trinajstić information content (AvgIpc) is 3.05. The molecular weight excluding hydrogens is 362 g/mol. The molecule has 0 unspecified atom stereocenters. The van der Waals surface area contributed by atoms with Crippen LogP contribution in [0.4, 0.5) is 23.4 Å². The van der Waals surface area contributed by atoms with Crippen LogP contribution < -0.4 is 5.32 Å². The van der Waals surface area contributed by atoms with Gasteiger partial charge in [0, 0.05) is 18.7 Å². The van der Waals surface area contributed by atoms with Gasteiger partial charge in [-0.1, -0.05) is 18.2 Å². The number of rotatable bonds is 6. The number of aromatic nitrogens is 2. The summed E-state index contributed by atoms with van der Waals surface area (Å²) in [5.41, 5.74) is 2.16. The number of hydrogen-bond donors (Lipinski definition) is 1. The number of benzene rings is 2. The van der Waals surface area contributed by atoms with Gasteiger partial charge in [0.1, 0.15) is 18.2 Å². The summed E-state index contributed by atoms with van der Waals surface area (Å²) in [4.78, 5) is 0. The maximum absolute atomic E-state index is 14.1. The van der Waals surface area contributed by atoms with Crippen LogP contribution in [-0.2, 0) is 11.3 Å². The molecule has 0 saturated carbocycles. The largest absolute Gasteiger partial charge is 0.411 e. The van der Waals surface area contributed by atoms with Crippen LogP contribution in [0.2, 0.25) is 0 Å². The van der Waals surface area contributed by atoms with E-state index in [-0.39, 0.29) is 6.61 Å². The number of ether oxygens (including phenoxy) is 1. The fraction of sp³-hybridized carbons (Fsp3) is 0.211. The lowest BCUT2D eigenvalue weighted by Gasteiger charge is -2.11. The molecule has 2 aromatic carbocycles. The molecule has 0 aliphatic heterocycles. The first-order valence-corrected chi connectivity index (χ1v) is 8.13. The molecule has 142 valence electrons. The predicted molar refractivity (Wildman–Crippen MR) is 94.2 cm³/mol. The Balaban J connectivity index is 1.95. The molecular formula is C19H17F4N3O. The molecule has 3 aromatic rings. The zero-order valence-electron chi connectivity index (χ0n) is 14.4. The van der Waals surface area contributed by atoms with E-state index in [1.807, 2.05) is 30.3 Å². The Bertz CT molecular complexity index is 907. The molecule has 3 rings (SSSR count). The van der Waals surface area contributed by atoms with Crippen molar-refractivity contribution in [1.29, 1.82) is 0 Å². The smallest absolute Gasteiger partial charge is 0.372 e. The van der Waals surface area contributed by atoms with Gasteiger partial charge in [0.25, 0.3) is 0 Å². The van der Waals surface area contributed by atoms with E-state index in [4.69, 9.17) is 0 Å². The first-order valence-electron chi connectivity index (χ1n) is 8.13. The lowest BCUT2D eigenvalue weighted by molar-refractivity contribution is -0.176. The van der Waals surface area contributed by atoms with Crippen molar-refractivity contribution >= 4 is 5.82 Å². The van der Waals surface area contributed by atoms with Gasteiger partial charge in [-0.25, -0.2) is 9.07 Å². The van der Waals surface area contributed by atoms with Gasteiger partial charge in [-0.05, 0) is 35.9 Å². The third kappa shape index (κ3) is 4.85. The number of alkyl halides is 3. The first kappa shape index (κ1) is 18.9. The second-order valence-electron chi connectivity index (χ2n) is 5.87. The molecule has 0 spiro atoms. The van der Waals surface area contributed by atoms with Gasteiger partial charge in [0.05, 0.1) is 18.0 Å². The molecule has 1 aromatic heterocycles. The lowest BCUT2D eigenvalue weighted by Crippen LogP contribution is -2.16. The van der Waals surface area contributed by atoms with Crippen LogP contribution in [0.25, 0.3) is 16.9 Å². The molecule has 1 N–H and O–H groups in total. The van der Waals surface area contributed by atoms with Crippen molar-refractivity contribution in [2.24, 2.45) is 0 Å². The molecule has 0 atom stereocenters. The normalized spacial score (nSPS) is 11.6. The van der Waals surface area contributed by atoms with Gasteiger partial charge in [0.15, 0.2) is 0 Å². The van der Waals surface area contributed by atoms with Gasteiger partial charge in [-0.3, -0.25) is 0 Å². The minimum Gasteiger partial charge on any atom is -0.372 e. The number of para-hydroxylation sites is 1. The fourth-order valence-electron chi connectivity index (χ4n) is 2.64. The van der Waals surface area contributed by atoms with Crippen molar-refractivity contribution in [1.82, 2.24) is 9.78 Å². The summed E-state index contributed by atoms with van der Waals surface area (Å²) in [6, 6.07) is 15.1. The lowest BCUT2D eigenvalue weighted by atomic mass is 10.1. The number of halogens is 4. The van der Waals surface area contributed by atoms with Crippen LogP contribution in [0.5, 0.6) is 0 Å². The predicted octanol–water partition coefficient (Wildman–Crippen LogP) is 4.80. The second-order valence-corrected chi connectivity index (χ2v) is 5.87. The van der Waals surface area contributed by atoms with Crippen molar-refractivity contribution in [3.63, 3.8) is 0 Å². The van der Waals surface area contributed by atoms with E-state index >= 15 is 0 Å². The van der Waals surface area contributed by atoms with Crippen molar-refractivity contribution in [3.05, 3.63) is 66.0 Å². The summed E-state index contributed by atoms with van der Waals surface area (Å²) in [5, 5.41) is 7.36. The standard InChI is InChI=1S/C19H17F4N3O/c1-24-18-10-17(26(25-18)16-5-3-2-4-6-16)14-7-13(8-15(20)9-14)11-27-12-19(21,22)23/h2-10H,11-12H2,1H3,(H,24,25). The third-order valence-corrected chi connectivity index (χ3v) is 3.75. The summed E-state index contributed by atoms with van der Waals surface area (Å²) in [6.45, 7) is -1.73. The second kappa shape index (κ2) is 7.79. The zero-order chi connectivity index (χ0) is 19.4. The Morgan fingerprint density at radius 1 is 1.07 bits per heavy atom. The summed E-state index contributed by atoms with van der Waals surface area (Å²) in [5.74, 6) is 0.0120. The van der Waals surface area contributed by atoms with Crippen LogP contribution in [0.3, 0.4) is 0 Å². The van der Waals surface area contributed by atoms with E-state index in [2.05, 4.69) is 15.2 Å². The minimum atomic E-state index is -4.43. The summed E-state index contributed by atoms with van der Waals surface area (Å²) < 4.78 is 57.1. The Labute approximate surface area is 153 Å². The quantitative estimate of drug-likeness (QED) is 0.626. The zero-order valence-corrected chi connectivity index (χ0v) is 14.4. The average molecular weight is 379 g/mol. The van der Waals surface area contributed by atoms with Gasteiger partial charge in [-0.15, -0.1) is 5.10 Å². The molecule has 0 bridgehead atoms. The highest BCUT2D eigenvalue weighted by Gasteiger charge is 2.27. The molecule has 4 nitrogen and oxygen atoms in total. The van der Waals surface area contributed by atoms with E-state index in [1.165, 1.54) is 6.07 Å². The van der Waals surface area contributed by atoms with Gasteiger partial charge < -0.3 is 10.1 Å². The topological polar surface area (TPSA) is 39.1 Å². The van der Waals surface area contributed by atoms with Gasteiger partial charge >= 0.3 is 6.18 Å². The highest BCUT2D eigenvalue weighted by atomic mass is 19.4. The minimum absolute atomic E-state index is 0.307. The maximum Gasteiger partial charge on any atom is 0.411 e. The van der Waals surface area contributed by atoms with Crippen molar-refractivity contribution in [2.45, 2.75) is 12.8 Å². The molecule has 0 radical (unpaired) electrons. The van der Waals surface area contributed by atoms with Gasteiger partial charge in [-0.2, -0.15) is 13.2 Å². The third-order valence-electron chi connectivity index (χ3n) is 3.75. The van der Waals surface area contributed by atoms with E-state index in [1.54, 1.807) is 23.9 Å². The van der Waals surface area contributed by atoms with Crippen LogP contribution in [-0.4, -0.2) is 29.6 Å². The Hall–Kier alpha value is -2.87. The van der Waals surface area contributed by atoms with E-state index < -0.39 is 18.6 Å². The van der Waals surface area contributed by atoms with E-state index in [0.717, 1.165) is 11.8 Å². The Morgan fingerprint density at radius 2 is 1.81 bits per heavy atom. The Kier molecular flexibility index (Phi) is 5.46. The summed E-state index contributed by atoms with van der Waals surface area (Å²) in [7, 11) is 1.71. The molecule has 0 fully saturated rings.